The van der Waals surface area contributed by atoms with Crippen LogP contribution in [0.3, 0.4) is 0 Å². The molecule has 0 bridgehead atoms. The molecule has 6 heteroatoms. The van der Waals surface area contributed by atoms with E-state index in [2.05, 4.69) is 71.4 Å². The van der Waals surface area contributed by atoms with Gasteiger partial charge in [-0.05, 0) is 97.5 Å². The predicted octanol–water partition coefficient (Wildman–Crippen LogP) is 8.97. The first-order chi connectivity index (χ1) is 19.8. The molecule has 0 aliphatic rings. The second kappa shape index (κ2) is 13.0. The van der Waals surface area contributed by atoms with Crippen molar-refractivity contribution >= 4 is 27.7 Å². The maximum Gasteiger partial charge on any atom is 0.125 e. The number of rotatable bonds is 12. The van der Waals surface area contributed by atoms with Gasteiger partial charge in [-0.15, -0.1) is 0 Å². The average molecular weight is 548 g/mol. The molecule has 5 N–H and O–H groups in total. The van der Waals surface area contributed by atoms with Gasteiger partial charge in [-0.1, -0.05) is 57.4 Å². The summed E-state index contributed by atoms with van der Waals surface area (Å²) in [6.45, 7) is 18.2. The van der Waals surface area contributed by atoms with E-state index in [0.29, 0.717) is 11.3 Å². The standard InChI is InChI=1S/C35H38FN5/c1-7-11-13-22(5)38-29(10-4)18-24(9-3)25-14-15-33-32(19-25)35(41-40-33)34-21-31(23(6)39-34)30(12-8-2)26-16-27(36)20-28(37)17-26/h8-10,12,14-21,38-39H,2,4-5,7,11,13,37H2,1,3,6H3,(H,40,41)/b24-9+,29-18+,30-12-. The number of nitrogens with one attached hydrogen (secondary N) is 3. The number of nitrogen functional groups attached to an aromatic ring is 1. The molecule has 0 aliphatic carbocycles. The van der Waals surface area contributed by atoms with Crippen LogP contribution in [0.1, 0.15) is 55.5 Å². The average Bonchev–Trinajstić information content (AvgIpc) is 3.54. The summed E-state index contributed by atoms with van der Waals surface area (Å²) in [5.74, 6) is -0.386. The van der Waals surface area contributed by atoms with E-state index in [-0.39, 0.29) is 5.82 Å². The first-order valence-electron chi connectivity index (χ1n) is 13.8. The number of nitrogens with zero attached hydrogens (tertiary/aromatic N) is 1. The lowest BCUT2D eigenvalue weighted by atomic mass is 9.96. The lowest BCUT2D eigenvalue weighted by Crippen LogP contribution is -2.10. The lowest BCUT2D eigenvalue weighted by Gasteiger charge is -2.11. The highest BCUT2D eigenvalue weighted by Gasteiger charge is 2.17. The molecule has 0 aliphatic heterocycles. The summed E-state index contributed by atoms with van der Waals surface area (Å²) in [5.41, 5.74) is 16.2. The molecule has 4 aromatic rings. The van der Waals surface area contributed by atoms with E-state index in [9.17, 15) is 4.39 Å². The smallest absolute Gasteiger partial charge is 0.125 e. The van der Waals surface area contributed by atoms with Crippen molar-refractivity contribution in [2.24, 2.45) is 0 Å². The number of benzene rings is 2. The van der Waals surface area contributed by atoms with Gasteiger partial charge in [-0.2, -0.15) is 5.10 Å². The van der Waals surface area contributed by atoms with Gasteiger partial charge < -0.3 is 16.0 Å². The van der Waals surface area contributed by atoms with Crippen molar-refractivity contribution < 1.29 is 4.39 Å². The normalized spacial score (nSPS) is 12.5. The number of fused-ring (bicyclic) bond motifs is 1. The monoisotopic (exact) mass is 547 g/mol. The molecule has 210 valence electrons. The highest BCUT2D eigenvalue weighted by atomic mass is 19.1. The molecule has 0 radical (unpaired) electrons. The van der Waals surface area contributed by atoms with Crippen molar-refractivity contribution in [2.75, 3.05) is 5.73 Å². The molecule has 5 nitrogen and oxygen atoms in total. The number of anilines is 1. The van der Waals surface area contributed by atoms with Crippen LogP contribution < -0.4 is 11.1 Å². The molecule has 2 aromatic heterocycles. The van der Waals surface area contributed by atoms with Crippen LogP contribution in [-0.4, -0.2) is 15.2 Å². The Morgan fingerprint density at radius 3 is 2.61 bits per heavy atom. The summed E-state index contributed by atoms with van der Waals surface area (Å²) in [6, 6.07) is 12.8. The quantitative estimate of drug-likeness (QED) is 0.106. The zero-order valence-electron chi connectivity index (χ0n) is 24.1. The van der Waals surface area contributed by atoms with Crippen LogP contribution in [0.4, 0.5) is 10.1 Å². The molecular weight excluding hydrogens is 509 g/mol. The number of allylic oxidation sites excluding steroid dienone is 7. The van der Waals surface area contributed by atoms with E-state index in [0.717, 1.165) is 80.9 Å². The molecule has 0 saturated carbocycles. The summed E-state index contributed by atoms with van der Waals surface area (Å²) in [4.78, 5) is 3.48. The summed E-state index contributed by atoms with van der Waals surface area (Å²) >= 11 is 0. The Hall–Kier alpha value is -4.84. The summed E-state index contributed by atoms with van der Waals surface area (Å²) < 4.78 is 14.2. The van der Waals surface area contributed by atoms with Crippen molar-refractivity contribution in [1.29, 1.82) is 0 Å². The highest BCUT2D eigenvalue weighted by Crippen LogP contribution is 2.34. The molecule has 41 heavy (non-hydrogen) atoms. The molecule has 0 fully saturated rings. The number of hydrogen-bond acceptors (Lipinski definition) is 3. The minimum absolute atomic E-state index is 0.364. The van der Waals surface area contributed by atoms with Crippen molar-refractivity contribution in [1.82, 2.24) is 20.5 Å². The fourth-order valence-corrected chi connectivity index (χ4v) is 4.90. The van der Waals surface area contributed by atoms with E-state index in [1.165, 1.54) is 12.1 Å². The highest BCUT2D eigenvalue weighted by molar-refractivity contribution is 5.96. The fraction of sp³-hybridized carbons (Fsp3) is 0.171. The van der Waals surface area contributed by atoms with Crippen molar-refractivity contribution in [3.05, 3.63) is 132 Å². The van der Waals surface area contributed by atoms with Gasteiger partial charge in [0, 0.05) is 33.7 Å². The maximum absolute atomic E-state index is 14.2. The third-order valence-electron chi connectivity index (χ3n) is 6.97. The summed E-state index contributed by atoms with van der Waals surface area (Å²) in [7, 11) is 0. The van der Waals surface area contributed by atoms with Gasteiger partial charge in [-0.3, -0.25) is 5.10 Å². The fourth-order valence-electron chi connectivity index (χ4n) is 4.90. The molecule has 4 rings (SSSR count). The number of unbranched alkanes of at least 4 members (excludes halogenated alkanes) is 1. The Morgan fingerprint density at radius 2 is 1.93 bits per heavy atom. The Bertz CT molecular complexity index is 1670. The Balaban J connectivity index is 1.72. The van der Waals surface area contributed by atoms with E-state index >= 15 is 0 Å². The van der Waals surface area contributed by atoms with Gasteiger partial charge in [-0.25, -0.2) is 4.39 Å². The summed E-state index contributed by atoms with van der Waals surface area (Å²) in [5, 5.41) is 12.2. The molecule has 0 spiro atoms. The van der Waals surface area contributed by atoms with E-state index in [1.54, 1.807) is 12.1 Å². The van der Waals surface area contributed by atoms with Crippen molar-refractivity contribution in [2.45, 2.75) is 40.0 Å². The topological polar surface area (TPSA) is 82.5 Å². The largest absolute Gasteiger partial charge is 0.399 e. The third kappa shape index (κ3) is 6.67. The minimum Gasteiger partial charge on any atom is -0.399 e. The number of halogens is 1. The molecule has 2 aromatic carbocycles. The van der Waals surface area contributed by atoms with Crippen LogP contribution in [0.15, 0.2) is 104 Å². The number of H-pyrrole nitrogens is 2. The van der Waals surface area contributed by atoms with E-state index < -0.39 is 0 Å². The van der Waals surface area contributed by atoms with Gasteiger partial charge >= 0.3 is 0 Å². The Kier molecular flexibility index (Phi) is 9.25. The lowest BCUT2D eigenvalue weighted by molar-refractivity contribution is 0.628. The third-order valence-corrected chi connectivity index (χ3v) is 6.97. The number of nitrogens with two attached hydrogens (primary N) is 1. The molecular formula is C35H38FN5. The second-order valence-electron chi connectivity index (χ2n) is 10.0. The van der Waals surface area contributed by atoms with Gasteiger partial charge in [0.2, 0.25) is 0 Å². The Morgan fingerprint density at radius 1 is 1.12 bits per heavy atom. The van der Waals surface area contributed by atoms with Crippen LogP contribution in [0.25, 0.3) is 33.4 Å². The SMILES string of the molecule is C=C/C=C(/c1cc(N)cc(F)c1)c1cc(-c2n[nH]c3ccc(C(/C=C(\C=C)NC(=C)CCCC)=C/C)cc23)[nH]c1C. The number of aromatic amines is 2. The molecule has 2 heterocycles. The van der Waals surface area contributed by atoms with Crippen LogP contribution in [0.5, 0.6) is 0 Å². The van der Waals surface area contributed by atoms with Gasteiger partial charge in [0.05, 0.1) is 11.2 Å². The predicted molar refractivity (Wildman–Crippen MR) is 172 cm³/mol. The first-order valence-corrected chi connectivity index (χ1v) is 13.8. The van der Waals surface area contributed by atoms with E-state index in [1.807, 2.05) is 38.1 Å². The van der Waals surface area contributed by atoms with Gasteiger partial charge in [0.15, 0.2) is 0 Å². The number of aryl methyl sites for hydroxylation is 1. The van der Waals surface area contributed by atoms with Crippen LogP contribution in [0, 0.1) is 12.7 Å². The molecule has 0 atom stereocenters. The molecule has 0 saturated heterocycles. The van der Waals surface area contributed by atoms with Crippen LogP contribution in [-0.2, 0) is 0 Å². The number of aromatic nitrogens is 3. The van der Waals surface area contributed by atoms with E-state index in [4.69, 9.17) is 5.73 Å². The zero-order chi connectivity index (χ0) is 29.5. The second-order valence-corrected chi connectivity index (χ2v) is 10.0. The Labute approximate surface area is 241 Å². The van der Waals surface area contributed by atoms with Crippen molar-refractivity contribution in [3.63, 3.8) is 0 Å². The zero-order valence-corrected chi connectivity index (χ0v) is 24.1. The van der Waals surface area contributed by atoms with Gasteiger partial charge in [0.1, 0.15) is 11.5 Å². The van der Waals surface area contributed by atoms with Gasteiger partial charge in [0.25, 0.3) is 0 Å². The number of hydrogen-bond donors (Lipinski definition) is 4. The first kappa shape index (κ1) is 29.2. The summed E-state index contributed by atoms with van der Waals surface area (Å²) in [6.07, 6.45) is 12.7. The van der Waals surface area contributed by atoms with Crippen molar-refractivity contribution in [3.8, 4) is 11.4 Å². The molecule has 0 unspecified atom stereocenters. The van der Waals surface area contributed by atoms with Crippen LogP contribution >= 0.6 is 0 Å². The maximum atomic E-state index is 14.2. The molecule has 0 amide bonds. The van der Waals surface area contributed by atoms with Crippen LogP contribution in [0.2, 0.25) is 0 Å². The minimum atomic E-state index is -0.386.